The Bertz CT molecular complexity index is 602. The van der Waals surface area contributed by atoms with Crippen molar-refractivity contribution >= 4 is 18.1 Å². The van der Waals surface area contributed by atoms with Crippen LogP contribution in [-0.2, 0) is 20.9 Å². The van der Waals surface area contributed by atoms with E-state index in [1.165, 1.54) is 0 Å². The second-order valence-corrected chi connectivity index (χ2v) is 6.72. The van der Waals surface area contributed by atoms with Crippen LogP contribution in [0.4, 0.5) is 0 Å². The van der Waals surface area contributed by atoms with Crippen LogP contribution in [0.3, 0.4) is 0 Å². The van der Waals surface area contributed by atoms with Crippen LogP contribution in [0.5, 0.6) is 0 Å². The van der Waals surface area contributed by atoms with Crippen LogP contribution in [0.15, 0.2) is 30.3 Å². The van der Waals surface area contributed by atoms with Crippen LogP contribution in [0, 0.1) is 11.8 Å². The Balaban J connectivity index is 1.61. The zero-order chi connectivity index (χ0) is 16.9. The van der Waals surface area contributed by atoms with Crippen LogP contribution in [0.1, 0.15) is 37.7 Å². The average molecular weight is 328 g/mol. The second-order valence-electron chi connectivity index (χ2n) is 6.72. The highest BCUT2D eigenvalue weighted by Crippen LogP contribution is 2.35. The molecule has 1 aliphatic carbocycles. The van der Waals surface area contributed by atoms with Crippen molar-refractivity contribution in [1.29, 1.82) is 0 Å². The van der Waals surface area contributed by atoms with E-state index in [1.807, 2.05) is 30.3 Å². The van der Waals surface area contributed by atoms with E-state index in [2.05, 4.69) is 5.32 Å². The molecule has 0 radical (unpaired) electrons. The standard InChI is InChI=1S/C19H24N2O3/c22-13-15-8-5-11-21(15)19(24)17-10-4-9-16(17)18(23)20-12-14-6-2-1-3-7-14/h1-3,6-7,13,15-17H,4-5,8-12H2,(H,20,23)/t15-,16+,17+/m0/s1. The van der Waals surface area contributed by atoms with E-state index in [-0.39, 0.29) is 29.7 Å². The summed E-state index contributed by atoms with van der Waals surface area (Å²) in [7, 11) is 0. The van der Waals surface area contributed by atoms with Crippen LogP contribution in [-0.4, -0.2) is 35.6 Å². The zero-order valence-electron chi connectivity index (χ0n) is 13.8. The van der Waals surface area contributed by atoms with Crippen LogP contribution >= 0.6 is 0 Å². The van der Waals surface area contributed by atoms with Gasteiger partial charge in [0.2, 0.25) is 11.8 Å². The van der Waals surface area contributed by atoms with Crippen molar-refractivity contribution < 1.29 is 14.4 Å². The molecule has 5 nitrogen and oxygen atoms in total. The molecule has 0 unspecified atom stereocenters. The lowest BCUT2D eigenvalue weighted by Crippen LogP contribution is -2.44. The van der Waals surface area contributed by atoms with Gasteiger partial charge in [0.25, 0.3) is 0 Å². The van der Waals surface area contributed by atoms with E-state index in [1.54, 1.807) is 4.90 Å². The highest BCUT2D eigenvalue weighted by molar-refractivity contribution is 5.89. The van der Waals surface area contributed by atoms with E-state index in [0.717, 1.165) is 44.0 Å². The first-order chi connectivity index (χ1) is 11.7. The monoisotopic (exact) mass is 328 g/mol. The molecule has 1 saturated heterocycles. The van der Waals surface area contributed by atoms with Gasteiger partial charge >= 0.3 is 0 Å². The van der Waals surface area contributed by atoms with E-state index >= 15 is 0 Å². The summed E-state index contributed by atoms with van der Waals surface area (Å²) in [5, 5.41) is 2.96. The number of carbonyl (C=O) groups excluding carboxylic acids is 3. The third-order valence-electron chi connectivity index (χ3n) is 5.22. The van der Waals surface area contributed by atoms with E-state index in [0.29, 0.717) is 13.1 Å². The molecule has 2 aliphatic rings. The molecule has 2 amide bonds. The van der Waals surface area contributed by atoms with Crippen molar-refractivity contribution in [2.24, 2.45) is 11.8 Å². The first-order valence-corrected chi connectivity index (χ1v) is 8.78. The number of hydrogen-bond donors (Lipinski definition) is 1. The van der Waals surface area contributed by atoms with Gasteiger partial charge in [0.1, 0.15) is 6.29 Å². The number of nitrogens with zero attached hydrogens (tertiary/aromatic N) is 1. The van der Waals surface area contributed by atoms with Gasteiger partial charge in [-0.1, -0.05) is 36.8 Å². The zero-order valence-corrected chi connectivity index (χ0v) is 13.8. The van der Waals surface area contributed by atoms with Gasteiger partial charge in [-0.3, -0.25) is 9.59 Å². The quantitative estimate of drug-likeness (QED) is 0.840. The molecule has 2 fully saturated rings. The highest BCUT2D eigenvalue weighted by Gasteiger charge is 2.42. The largest absolute Gasteiger partial charge is 0.352 e. The first kappa shape index (κ1) is 16.7. The van der Waals surface area contributed by atoms with Gasteiger partial charge in [0.15, 0.2) is 0 Å². The fraction of sp³-hybridized carbons (Fsp3) is 0.526. The number of aldehydes is 1. The average Bonchev–Trinajstić information content (AvgIpc) is 3.28. The topological polar surface area (TPSA) is 66.5 Å². The molecule has 1 saturated carbocycles. The number of rotatable bonds is 5. The Hall–Kier alpha value is -2.17. The summed E-state index contributed by atoms with van der Waals surface area (Å²) in [5.74, 6) is -0.603. The van der Waals surface area contributed by atoms with Crippen molar-refractivity contribution in [1.82, 2.24) is 10.2 Å². The molecule has 1 N–H and O–H groups in total. The van der Waals surface area contributed by atoms with E-state index in [4.69, 9.17) is 0 Å². The summed E-state index contributed by atoms with van der Waals surface area (Å²) in [6, 6.07) is 9.46. The Labute approximate surface area is 142 Å². The minimum atomic E-state index is -0.300. The Morgan fingerprint density at radius 1 is 1.08 bits per heavy atom. The second kappa shape index (κ2) is 7.60. The highest BCUT2D eigenvalue weighted by atomic mass is 16.2. The summed E-state index contributed by atoms with van der Waals surface area (Å²) < 4.78 is 0. The fourth-order valence-corrected chi connectivity index (χ4v) is 3.91. The maximum Gasteiger partial charge on any atom is 0.227 e. The van der Waals surface area contributed by atoms with Gasteiger partial charge in [-0.25, -0.2) is 0 Å². The van der Waals surface area contributed by atoms with E-state index in [9.17, 15) is 14.4 Å². The third kappa shape index (κ3) is 3.50. The van der Waals surface area contributed by atoms with Gasteiger partial charge in [0, 0.05) is 24.9 Å². The van der Waals surface area contributed by atoms with Crippen LogP contribution in [0.2, 0.25) is 0 Å². The molecule has 1 aromatic rings. The molecular formula is C19H24N2O3. The molecule has 1 heterocycles. The predicted octanol–water partition coefficient (Wildman–Crippen LogP) is 1.91. The number of benzene rings is 1. The van der Waals surface area contributed by atoms with Crippen LogP contribution < -0.4 is 5.32 Å². The van der Waals surface area contributed by atoms with Crippen molar-refractivity contribution in [3.05, 3.63) is 35.9 Å². The first-order valence-electron chi connectivity index (χ1n) is 8.78. The molecule has 0 bridgehead atoms. The summed E-state index contributed by atoms with van der Waals surface area (Å²) >= 11 is 0. The van der Waals surface area contributed by atoms with Gasteiger partial charge in [-0.05, 0) is 31.2 Å². The lowest BCUT2D eigenvalue weighted by molar-refractivity contribution is -0.142. The van der Waals surface area contributed by atoms with Gasteiger partial charge in [-0.2, -0.15) is 0 Å². The van der Waals surface area contributed by atoms with Gasteiger partial charge < -0.3 is 15.0 Å². The molecule has 3 rings (SSSR count). The Morgan fingerprint density at radius 2 is 1.83 bits per heavy atom. The Kier molecular flexibility index (Phi) is 5.28. The minimum absolute atomic E-state index is 0.0121. The predicted molar refractivity (Wildman–Crippen MR) is 89.9 cm³/mol. The molecule has 0 aromatic heterocycles. The SMILES string of the molecule is O=C[C@@H]1CCCN1C(=O)[C@@H]1CCC[C@H]1C(=O)NCc1ccccc1. The molecule has 1 aromatic carbocycles. The van der Waals surface area contributed by atoms with Gasteiger partial charge in [0.05, 0.1) is 6.04 Å². The Morgan fingerprint density at radius 3 is 2.58 bits per heavy atom. The smallest absolute Gasteiger partial charge is 0.227 e. The van der Waals surface area contributed by atoms with Crippen molar-refractivity contribution in [3.63, 3.8) is 0 Å². The molecule has 128 valence electrons. The van der Waals surface area contributed by atoms with Crippen molar-refractivity contribution in [2.45, 2.75) is 44.7 Å². The number of likely N-dealkylation sites (tertiary alicyclic amines) is 1. The summed E-state index contributed by atoms with van der Waals surface area (Å²) in [6.07, 6.45) is 4.85. The van der Waals surface area contributed by atoms with Crippen molar-refractivity contribution in [3.8, 4) is 0 Å². The summed E-state index contributed by atoms with van der Waals surface area (Å²) in [6.45, 7) is 1.12. The van der Waals surface area contributed by atoms with Crippen molar-refractivity contribution in [2.75, 3.05) is 6.54 Å². The minimum Gasteiger partial charge on any atom is -0.352 e. The number of amides is 2. The van der Waals surface area contributed by atoms with E-state index < -0.39 is 0 Å². The van der Waals surface area contributed by atoms with Gasteiger partial charge in [-0.15, -0.1) is 0 Å². The normalized spacial score (nSPS) is 26.3. The number of carbonyl (C=O) groups is 3. The maximum atomic E-state index is 12.8. The summed E-state index contributed by atoms with van der Waals surface area (Å²) in [4.78, 5) is 38.2. The molecule has 24 heavy (non-hydrogen) atoms. The molecule has 3 atom stereocenters. The van der Waals surface area contributed by atoms with Crippen LogP contribution in [0.25, 0.3) is 0 Å². The summed E-state index contributed by atoms with van der Waals surface area (Å²) in [5.41, 5.74) is 1.05. The fourth-order valence-electron chi connectivity index (χ4n) is 3.91. The molecule has 5 heteroatoms. The molecule has 0 spiro atoms. The molecular weight excluding hydrogens is 304 g/mol. The lowest BCUT2D eigenvalue weighted by Gasteiger charge is -2.27. The lowest BCUT2D eigenvalue weighted by atomic mass is 9.93. The third-order valence-corrected chi connectivity index (χ3v) is 5.22. The number of nitrogens with one attached hydrogen (secondary N) is 1. The molecule has 1 aliphatic heterocycles. The maximum absolute atomic E-state index is 12.8. The number of hydrogen-bond acceptors (Lipinski definition) is 3.